The predicted molar refractivity (Wildman–Crippen MR) is 69.8 cm³/mol. The first-order valence-corrected chi connectivity index (χ1v) is 6.15. The molecule has 0 radical (unpaired) electrons. The third-order valence-electron chi connectivity index (χ3n) is 3.00. The molecule has 1 aliphatic rings. The third kappa shape index (κ3) is 3.45. The van der Waals surface area contributed by atoms with Gasteiger partial charge in [-0.2, -0.15) is 0 Å². The molecule has 1 aromatic carbocycles. The molecule has 2 N–H and O–H groups in total. The van der Waals surface area contributed by atoms with Crippen LogP contribution in [0.5, 0.6) is 5.75 Å². The maximum Gasteiger partial charge on any atom is 0.252 e. The van der Waals surface area contributed by atoms with Crippen molar-refractivity contribution in [3.63, 3.8) is 0 Å². The Kier molecular flexibility index (Phi) is 4.55. The Morgan fingerprint density at radius 3 is 2.94 bits per heavy atom. The second kappa shape index (κ2) is 6.37. The molecular formula is C13H19N3O2. The van der Waals surface area contributed by atoms with Crippen LogP contribution < -0.4 is 15.4 Å². The highest BCUT2D eigenvalue weighted by Gasteiger charge is 2.11. The second-order valence-electron chi connectivity index (χ2n) is 4.26. The summed E-state index contributed by atoms with van der Waals surface area (Å²) in [5.41, 5.74) is 0.629. The van der Waals surface area contributed by atoms with E-state index in [1.54, 1.807) is 19.2 Å². The molecule has 98 valence electrons. The van der Waals surface area contributed by atoms with Crippen LogP contribution in [0.4, 0.5) is 0 Å². The molecule has 0 unspecified atom stereocenters. The fourth-order valence-corrected chi connectivity index (χ4v) is 1.92. The first-order chi connectivity index (χ1) is 8.79. The summed E-state index contributed by atoms with van der Waals surface area (Å²) in [6.45, 7) is 4.50. The highest BCUT2D eigenvalue weighted by atomic mass is 16.5. The molecule has 2 rings (SSSR count). The minimum absolute atomic E-state index is 0.0626. The van der Waals surface area contributed by atoms with Gasteiger partial charge in [0.1, 0.15) is 5.75 Å². The lowest BCUT2D eigenvalue weighted by molar-refractivity contribution is 0.0917. The molecule has 0 aromatic heterocycles. The van der Waals surface area contributed by atoms with E-state index in [0.717, 1.165) is 26.2 Å². The van der Waals surface area contributed by atoms with Crippen LogP contribution >= 0.6 is 0 Å². The van der Waals surface area contributed by atoms with Gasteiger partial charge < -0.3 is 15.4 Å². The molecule has 1 amide bonds. The van der Waals surface area contributed by atoms with Crippen LogP contribution in [0.3, 0.4) is 0 Å². The summed E-state index contributed by atoms with van der Waals surface area (Å²) >= 11 is 0. The Balaban J connectivity index is 1.86. The molecule has 5 heteroatoms. The molecule has 0 bridgehead atoms. The van der Waals surface area contributed by atoms with Crippen LogP contribution in [0.1, 0.15) is 10.4 Å². The smallest absolute Gasteiger partial charge is 0.252 e. The molecule has 0 saturated carbocycles. The summed E-state index contributed by atoms with van der Waals surface area (Å²) in [5, 5.41) is 6.20. The highest BCUT2D eigenvalue weighted by molar-refractivity contribution is 5.94. The number of rotatable bonds is 4. The molecule has 1 heterocycles. The van der Waals surface area contributed by atoms with Gasteiger partial charge in [-0.15, -0.1) is 0 Å². The van der Waals surface area contributed by atoms with Gasteiger partial charge in [0, 0.05) is 31.7 Å². The topological polar surface area (TPSA) is 53.6 Å². The fourth-order valence-electron chi connectivity index (χ4n) is 1.92. The van der Waals surface area contributed by atoms with Crippen LogP contribution in [0.15, 0.2) is 24.3 Å². The zero-order valence-electron chi connectivity index (χ0n) is 10.6. The van der Waals surface area contributed by atoms with E-state index in [-0.39, 0.29) is 5.91 Å². The van der Waals surface area contributed by atoms with Crippen molar-refractivity contribution in [2.75, 3.05) is 40.0 Å². The summed E-state index contributed by atoms with van der Waals surface area (Å²) < 4.78 is 5.10. The SMILES string of the molecule is COc1cccc(C(=O)NCN2CCNCC2)c1. The molecule has 18 heavy (non-hydrogen) atoms. The van der Waals surface area contributed by atoms with Gasteiger partial charge in [-0.1, -0.05) is 6.07 Å². The van der Waals surface area contributed by atoms with Gasteiger partial charge in [-0.3, -0.25) is 9.69 Å². The van der Waals surface area contributed by atoms with E-state index in [1.165, 1.54) is 0 Å². The summed E-state index contributed by atoms with van der Waals surface area (Å²) in [4.78, 5) is 14.2. The minimum atomic E-state index is -0.0626. The Hall–Kier alpha value is -1.59. The van der Waals surface area contributed by atoms with E-state index < -0.39 is 0 Å². The largest absolute Gasteiger partial charge is 0.497 e. The lowest BCUT2D eigenvalue weighted by atomic mass is 10.2. The van der Waals surface area contributed by atoms with Gasteiger partial charge in [0.05, 0.1) is 13.8 Å². The average Bonchev–Trinajstić information content (AvgIpc) is 2.46. The normalized spacial score (nSPS) is 16.3. The van der Waals surface area contributed by atoms with Gasteiger partial charge >= 0.3 is 0 Å². The number of piperazine rings is 1. The number of benzene rings is 1. The van der Waals surface area contributed by atoms with Crippen LogP contribution in [0.25, 0.3) is 0 Å². The first-order valence-electron chi connectivity index (χ1n) is 6.15. The van der Waals surface area contributed by atoms with Crippen molar-refractivity contribution < 1.29 is 9.53 Å². The molecule has 1 fully saturated rings. The second-order valence-corrected chi connectivity index (χ2v) is 4.26. The van der Waals surface area contributed by atoms with Crippen molar-refractivity contribution in [1.82, 2.24) is 15.5 Å². The van der Waals surface area contributed by atoms with Crippen molar-refractivity contribution in [1.29, 1.82) is 0 Å². The van der Waals surface area contributed by atoms with E-state index >= 15 is 0 Å². The zero-order valence-corrected chi connectivity index (χ0v) is 10.6. The van der Waals surface area contributed by atoms with E-state index in [2.05, 4.69) is 15.5 Å². The summed E-state index contributed by atoms with van der Waals surface area (Å²) in [7, 11) is 1.59. The number of methoxy groups -OCH3 is 1. The monoisotopic (exact) mass is 249 g/mol. The first kappa shape index (κ1) is 12.9. The Morgan fingerprint density at radius 1 is 1.44 bits per heavy atom. The van der Waals surface area contributed by atoms with Crippen LogP contribution in [-0.2, 0) is 0 Å². The van der Waals surface area contributed by atoms with E-state index in [4.69, 9.17) is 4.74 Å². The molecule has 5 nitrogen and oxygen atoms in total. The molecular weight excluding hydrogens is 230 g/mol. The van der Waals surface area contributed by atoms with Crippen LogP contribution in [-0.4, -0.2) is 50.8 Å². The van der Waals surface area contributed by atoms with Gasteiger partial charge in [-0.05, 0) is 18.2 Å². The van der Waals surface area contributed by atoms with E-state index in [9.17, 15) is 4.79 Å². The standard InChI is InChI=1S/C13H19N3O2/c1-18-12-4-2-3-11(9-12)13(17)15-10-16-7-5-14-6-8-16/h2-4,9,14H,5-8,10H2,1H3,(H,15,17). The van der Waals surface area contributed by atoms with Crippen LogP contribution in [0, 0.1) is 0 Å². The third-order valence-corrected chi connectivity index (χ3v) is 3.00. The molecule has 0 aliphatic carbocycles. The summed E-state index contributed by atoms with van der Waals surface area (Å²) in [5.74, 6) is 0.636. The molecule has 0 atom stereocenters. The van der Waals surface area contributed by atoms with E-state index in [1.807, 2.05) is 12.1 Å². The van der Waals surface area contributed by atoms with Crippen molar-refractivity contribution in [2.45, 2.75) is 0 Å². The van der Waals surface area contributed by atoms with Crippen molar-refractivity contribution in [2.24, 2.45) is 0 Å². The van der Waals surface area contributed by atoms with Crippen molar-refractivity contribution in [3.8, 4) is 5.75 Å². The van der Waals surface area contributed by atoms with Gasteiger partial charge in [-0.25, -0.2) is 0 Å². The average molecular weight is 249 g/mol. The predicted octanol–water partition coefficient (Wildman–Crippen LogP) is 0.288. The highest BCUT2D eigenvalue weighted by Crippen LogP contribution is 2.12. The number of carbonyl (C=O) groups excluding carboxylic acids is 1. The van der Waals surface area contributed by atoms with E-state index in [0.29, 0.717) is 18.0 Å². The van der Waals surface area contributed by atoms with Crippen molar-refractivity contribution in [3.05, 3.63) is 29.8 Å². The lowest BCUT2D eigenvalue weighted by Crippen LogP contribution is -2.48. The Labute approximate surface area is 107 Å². The Morgan fingerprint density at radius 2 is 2.22 bits per heavy atom. The van der Waals surface area contributed by atoms with Gasteiger partial charge in [0.15, 0.2) is 0 Å². The van der Waals surface area contributed by atoms with Crippen LogP contribution in [0.2, 0.25) is 0 Å². The number of nitrogens with one attached hydrogen (secondary N) is 2. The quantitative estimate of drug-likeness (QED) is 0.805. The number of ether oxygens (including phenoxy) is 1. The maximum absolute atomic E-state index is 11.9. The van der Waals surface area contributed by atoms with Gasteiger partial charge in [0.25, 0.3) is 5.91 Å². The maximum atomic E-state index is 11.9. The number of carbonyl (C=O) groups is 1. The number of hydrogen-bond acceptors (Lipinski definition) is 4. The minimum Gasteiger partial charge on any atom is -0.497 e. The van der Waals surface area contributed by atoms with Gasteiger partial charge in [0.2, 0.25) is 0 Å². The molecule has 1 saturated heterocycles. The summed E-state index contributed by atoms with van der Waals surface area (Å²) in [6.07, 6.45) is 0. The zero-order chi connectivity index (χ0) is 12.8. The number of nitrogens with zero attached hydrogens (tertiary/aromatic N) is 1. The molecule has 1 aliphatic heterocycles. The summed E-state index contributed by atoms with van der Waals surface area (Å²) in [6, 6.07) is 7.17. The Bertz CT molecular complexity index is 403. The number of amides is 1. The number of hydrogen-bond donors (Lipinski definition) is 2. The fraction of sp³-hybridized carbons (Fsp3) is 0.462. The molecule has 1 aromatic rings. The molecule has 0 spiro atoms. The van der Waals surface area contributed by atoms with Crippen molar-refractivity contribution >= 4 is 5.91 Å². The lowest BCUT2D eigenvalue weighted by Gasteiger charge is -2.27.